The zero-order chi connectivity index (χ0) is 16.1. The van der Waals surface area contributed by atoms with Gasteiger partial charge < -0.3 is 19.9 Å². The van der Waals surface area contributed by atoms with Gasteiger partial charge >= 0.3 is 0 Å². The van der Waals surface area contributed by atoms with Crippen molar-refractivity contribution in [1.82, 2.24) is 5.32 Å². The van der Waals surface area contributed by atoms with E-state index in [0.717, 1.165) is 5.56 Å². The number of ether oxygens (including phenoxy) is 2. The molecule has 0 unspecified atom stereocenters. The van der Waals surface area contributed by atoms with Crippen LogP contribution in [0, 0.1) is 6.92 Å². The third-order valence-electron chi connectivity index (χ3n) is 4.06. The molecule has 2 aliphatic heterocycles. The van der Waals surface area contributed by atoms with E-state index in [1.165, 1.54) is 0 Å². The van der Waals surface area contributed by atoms with E-state index in [9.17, 15) is 9.90 Å². The molecular formula is C16H18ClNO4. The van der Waals surface area contributed by atoms with Crippen LogP contribution in [0.15, 0.2) is 24.0 Å². The molecule has 0 saturated carbocycles. The standard InChI is InChI=1S/C16H18ClNO4/c1-9-6-10(17)4-5-11(9)12-13(19)16(18-14(12)20)7-21-15(2,3)22-8-16/h4-6,19H,7-8H2,1-3H3,(H,18,20). The van der Waals surface area contributed by atoms with Gasteiger partial charge in [0.15, 0.2) is 5.79 Å². The molecule has 118 valence electrons. The normalized spacial score (nSPS) is 23.0. The quantitative estimate of drug-likeness (QED) is 0.833. The Hall–Kier alpha value is -1.56. The van der Waals surface area contributed by atoms with Crippen LogP contribution in [0.3, 0.4) is 0 Å². The van der Waals surface area contributed by atoms with Gasteiger partial charge in [0, 0.05) is 5.02 Å². The van der Waals surface area contributed by atoms with Crippen LogP contribution >= 0.6 is 11.6 Å². The monoisotopic (exact) mass is 323 g/mol. The first-order valence-electron chi connectivity index (χ1n) is 7.05. The van der Waals surface area contributed by atoms with Gasteiger partial charge in [-0.3, -0.25) is 4.79 Å². The number of hydrogen-bond donors (Lipinski definition) is 2. The van der Waals surface area contributed by atoms with Crippen molar-refractivity contribution in [1.29, 1.82) is 0 Å². The first-order valence-corrected chi connectivity index (χ1v) is 7.43. The number of aliphatic hydroxyl groups is 1. The van der Waals surface area contributed by atoms with Gasteiger partial charge in [0.1, 0.15) is 11.3 Å². The average Bonchev–Trinajstić information content (AvgIpc) is 2.67. The third-order valence-corrected chi connectivity index (χ3v) is 4.30. The van der Waals surface area contributed by atoms with Gasteiger partial charge in [0.25, 0.3) is 5.91 Å². The second-order valence-corrected chi connectivity index (χ2v) is 6.63. The second kappa shape index (κ2) is 4.98. The molecule has 0 bridgehead atoms. The fourth-order valence-corrected chi connectivity index (χ4v) is 2.96. The molecule has 5 nitrogen and oxygen atoms in total. The van der Waals surface area contributed by atoms with Crippen molar-refractivity contribution in [3.8, 4) is 0 Å². The van der Waals surface area contributed by atoms with Crippen molar-refractivity contribution in [2.24, 2.45) is 0 Å². The van der Waals surface area contributed by atoms with E-state index < -0.39 is 11.3 Å². The minimum Gasteiger partial charge on any atom is -0.509 e. The summed E-state index contributed by atoms with van der Waals surface area (Å²) in [6.07, 6.45) is 0. The summed E-state index contributed by atoms with van der Waals surface area (Å²) in [6.45, 7) is 5.75. The highest BCUT2D eigenvalue weighted by Crippen LogP contribution is 2.37. The summed E-state index contributed by atoms with van der Waals surface area (Å²) in [5.41, 5.74) is 0.704. The molecule has 1 spiro atoms. The lowest BCUT2D eigenvalue weighted by molar-refractivity contribution is -0.267. The van der Waals surface area contributed by atoms with Crippen molar-refractivity contribution < 1.29 is 19.4 Å². The molecule has 0 atom stereocenters. The van der Waals surface area contributed by atoms with Crippen LogP contribution in [0.2, 0.25) is 5.02 Å². The number of carbonyl (C=O) groups is 1. The van der Waals surface area contributed by atoms with Crippen LogP contribution in [0.25, 0.3) is 5.57 Å². The molecule has 3 rings (SSSR count). The topological polar surface area (TPSA) is 67.8 Å². The van der Waals surface area contributed by atoms with Gasteiger partial charge in [-0.1, -0.05) is 17.7 Å². The summed E-state index contributed by atoms with van der Waals surface area (Å²) in [4.78, 5) is 12.4. The molecule has 1 aromatic rings. The molecular weight excluding hydrogens is 306 g/mol. The van der Waals surface area contributed by atoms with Crippen LogP contribution in [-0.2, 0) is 14.3 Å². The molecule has 0 radical (unpaired) electrons. The summed E-state index contributed by atoms with van der Waals surface area (Å²) in [6, 6.07) is 5.18. The van der Waals surface area contributed by atoms with Gasteiger partial charge in [0.05, 0.1) is 18.8 Å². The van der Waals surface area contributed by atoms with E-state index in [4.69, 9.17) is 21.1 Å². The van der Waals surface area contributed by atoms with E-state index in [-0.39, 0.29) is 30.5 Å². The third kappa shape index (κ3) is 2.39. The zero-order valence-corrected chi connectivity index (χ0v) is 13.5. The number of amides is 1. The molecule has 1 amide bonds. The number of aryl methyl sites for hydroxylation is 1. The Morgan fingerprint density at radius 2 is 1.91 bits per heavy atom. The van der Waals surface area contributed by atoms with Crippen LogP contribution in [0.4, 0.5) is 0 Å². The molecule has 2 heterocycles. The predicted molar refractivity (Wildman–Crippen MR) is 82.6 cm³/mol. The highest BCUT2D eigenvalue weighted by Gasteiger charge is 2.51. The zero-order valence-electron chi connectivity index (χ0n) is 12.7. The van der Waals surface area contributed by atoms with Crippen LogP contribution in [0.1, 0.15) is 25.0 Å². The summed E-state index contributed by atoms with van der Waals surface area (Å²) in [5.74, 6) is -1.11. The molecule has 1 fully saturated rings. The lowest BCUT2D eigenvalue weighted by atomic mass is 9.94. The Labute approximate surface area is 133 Å². The number of rotatable bonds is 1. The van der Waals surface area contributed by atoms with Gasteiger partial charge in [-0.25, -0.2) is 0 Å². The SMILES string of the molecule is Cc1cc(Cl)ccc1C1=C(O)C2(COC(C)(C)OC2)NC1=O. The minimum absolute atomic E-state index is 0.0431. The molecule has 22 heavy (non-hydrogen) atoms. The number of carbonyl (C=O) groups excluding carboxylic acids is 1. The first-order chi connectivity index (χ1) is 10.2. The minimum atomic E-state index is -1.02. The first kappa shape index (κ1) is 15.3. The van der Waals surface area contributed by atoms with E-state index in [0.29, 0.717) is 10.6 Å². The van der Waals surface area contributed by atoms with Crippen molar-refractivity contribution in [3.05, 3.63) is 40.1 Å². The Bertz CT molecular complexity index is 671. The molecule has 0 aromatic heterocycles. The average molecular weight is 324 g/mol. The second-order valence-electron chi connectivity index (χ2n) is 6.20. The van der Waals surface area contributed by atoms with Gasteiger partial charge in [-0.15, -0.1) is 0 Å². The maximum absolute atomic E-state index is 12.4. The summed E-state index contributed by atoms with van der Waals surface area (Å²) in [7, 11) is 0. The Balaban J connectivity index is 2.02. The smallest absolute Gasteiger partial charge is 0.256 e. The van der Waals surface area contributed by atoms with Crippen molar-refractivity contribution in [3.63, 3.8) is 0 Å². The van der Waals surface area contributed by atoms with Crippen molar-refractivity contribution in [2.75, 3.05) is 13.2 Å². The number of aliphatic hydroxyl groups excluding tert-OH is 1. The number of benzene rings is 1. The molecule has 0 aliphatic carbocycles. The predicted octanol–water partition coefficient (Wildman–Crippen LogP) is 2.57. The van der Waals surface area contributed by atoms with Gasteiger partial charge in [-0.2, -0.15) is 0 Å². The fraction of sp³-hybridized carbons (Fsp3) is 0.438. The van der Waals surface area contributed by atoms with E-state index in [1.54, 1.807) is 32.0 Å². The van der Waals surface area contributed by atoms with E-state index >= 15 is 0 Å². The Morgan fingerprint density at radius 1 is 1.27 bits per heavy atom. The van der Waals surface area contributed by atoms with E-state index in [1.807, 2.05) is 6.92 Å². The number of halogens is 1. The highest BCUT2D eigenvalue weighted by molar-refractivity contribution is 6.31. The highest BCUT2D eigenvalue weighted by atomic mass is 35.5. The number of hydrogen-bond acceptors (Lipinski definition) is 4. The largest absolute Gasteiger partial charge is 0.509 e. The van der Waals surface area contributed by atoms with Crippen LogP contribution in [-0.4, -0.2) is 35.6 Å². The molecule has 2 N–H and O–H groups in total. The van der Waals surface area contributed by atoms with Gasteiger partial charge in [-0.05, 0) is 44.0 Å². The molecule has 1 aromatic carbocycles. The molecule has 6 heteroatoms. The van der Waals surface area contributed by atoms with Gasteiger partial charge in [0.2, 0.25) is 0 Å². The molecule has 2 aliphatic rings. The maximum Gasteiger partial charge on any atom is 0.256 e. The Morgan fingerprint density at radius 3 is 2.50 bits per heavy atom. The fourth-order valence-electron chi connectivity index (χ4n) is 2.73. The lowest BCUT2D eigenvalue weighted by Crippen LogP contribution is -2.59. The summed E-state index contributed by atoms with van der Waals surface area (Å²) in [5, 5.41) is 14.0. The molecule has 1 saturated heterocycles. The van der Waals surface area contributed by atoms with Crippen LogP contribution < -0.4 is 5.32 Å². The Kier molecular flexibility index (Phi) is 3.47. The lowest BCUT2D eigenvalue weighted by Gasteiger charge is -2.41. The maximum atomic E-state index is 12.4. The van der Waals surface area contributed by atoms with Crippen molar-refractivity contribution in [2.45, 2.75) is 32.1 Å². The summed E-state index contributed by atoms with van der Waals surface area (Å²) < 4.78 is 11.2. The number of nitrogens with one attached hydrogen (secondary N) is 1. The van der Waals surface area contributed by atoms with Crippen LogP contribution in [0.5, 0.6) is 0 Å². The summed E-state index contributed by atoms with van der Waals surface area (Å²) >= 11 is 5.95. The van der Waals surface area contributed by atoms with E-state index in [2.05, 4.69) is 5.32 Å². The van der Waals surface area contributed by atoms with Crippen molar-refractivity contribution >= 4 is 23.1 Å².